The van der Waals surface area contributed by atoms with Gasteiger partial charge in [0.05, 0.1) is 11.1 Å². The van der Waals surface area contributed by atoms with Gasteiger partial charge in [-0.1, -0.05) is 6.07 Å². The molecule has 2 rings (SSSR count). The predicted molar refractivity (Wildman–Crippen MR) is 67.7 cm³/mol. The number of carbonyl (C=O) groups is 1. The van der Waals surface area contributed by atoms with Gasteiger partial charge in [0.15, 0.2) is 6.61 Å². The van der Waals surface area contributed by atoms with Crippen molar-refractivity contribution in [2.45, 2.75) is 13.1 Å². The molecule has 0 spiro atoms. The number of hydrogen-bond acceptors (Lipinski definition) is 3. The van der Waals surface area contributed by atoms with Crippen molar-refractivity contribution in [3.8, 4) is 0 Å². The minimum atomic E-state index is -4.44. The first-order valence-electron chi connectivity index (χ1n) is 5.97. The molecule has 0 saturated heterocycles. The van der Waals surface area contributed by atoms with Crippen LogP contribution in [0.25, 0.3) is 5.57 Å². The number of aryl methyl sites for hydroxylation is 1. The van der Waals surface area contributed by atoms with Gasteiger partial charge in [-0.25, -0.2) is 0 Å². The first-order valence-corrected chi connectivity index (χ1v) is 5.97. The molecular formula is C14H14F3NO2. The third kappa shape index (κ3) is 2.50. The van der Waals surface area contributed by atoms with E-state index in [1.807, 2.05) is 0 Å². The Balaban J connectivity index is 2.62. The van der Waals surface area contributed by atoms with Crippen LogP contribution in [0.4, 0.5) is 13.2 Å². The van der Waals surface area contributed by atoms with E-state index >= 15 is 0 Å². The summed E-state index contributed by atoms with van der Waals surface area (Å²) in [7, 11) is 3.35. The lowest BCUT2D eigenvalue weighted by Crippen LogP contribution is -2.13. The lowest BCUT2D eigenvalue weighted by molar-refractivity contribution is -0.137. The average molecular weight is 285 g/mol. The number of benzene rings is 1. The highest BCUT2D eigenvalue weighted by atomic mass is 19.4. The molecule has 0 N–H and O–H groups in total. The molecule has 0 fully saturated rings. The Morgan fingerprint density at radius 3 is 2.45 bits per heavy atom. The van der Waals surface area contributed by atoms with Crippen molar-refractivity contribution in [3.05, 3.63) is 40.8 Å². The Labute approximate surface area is 114 Å². The quantitative estimate of drug-likeness (QED) is 0.837. The average Bonchev–Trinajstić information content (AvgIpc) is 2.70. The van der Waals surface area contributed by atoms with Crippen LogP contribution in [-0.2, 0) is 15.7 Å². The summed E-state index contributed by atoms with van der Waals surface area (Å²) in [5.74, 6) is -0.00597. The van der Waals surface area contributed by atoms with E-state index in [2.05, 4.69) is 0 Å². The molecule has 1 aliphatic rings. The van der Waals surface area contributed by atoms with Crippen LogP contribution >= 0.6 is 0 Å². The SMILES string of the molecule is Cc1ccc(C(F)(F)F)cc1C1=C(N(C)C)OCC1=O. The molecule has 108 valence electrons. The summed E-state index contributed by atoms with van der Waals surface area (Å²) >= 11 is 0. The zero-order valence-electron chi connectivity index (χ0n) is 11.3. The van der Waals surface area contributed by atoms with Gasteiger partial charge in [0, 0.05) is 14.1 Å². The Kier molecular flexibility index (Phi) is 3.50. The molecule has 1 aliphatic heterocycles. The van der Waals surface area contributed by atoms with Crippen molar-refractivity contribution < 1.29 is 22.7 Å². The third-order valence-corrected chi connectivity index (χ3v) is 3.07. The van der Waals surface area contributed by atoms with Crippen LogP contribution < -0.4 is 0 Å². The van der Waals surface area contributed by atoms with Crippen LogP contribution in [0.1, 0.15) is 16.7 Å². The van der Waals surface area contributed by atoms with Crippen molar-refractivity contribution >= 4 is 11.4 Å². The Hall–Kier alpha value is -1.98. The molecule has 0 aliphatic carbocycles. The zero-order chi connectivity index (χ0) is 15.1. The number of carbonyl (C=O) groups excluding carboxylic acids is 1. The standard InChI is InChI=1S/C14H14F3NO2/c1-8-4-5-9(14(15,16)17)6-10(8)12-11(19)7-20-13(12)18(2)3/h4-6H,7H2,1-3H3. The summed E-state index contributed by atoms with van der Waals surface area (Å²) in [6.07, 6.45) is -4.44. The van der Waals surface area contributed by atoms with E-state index < -0.39 is 11.7 Å². The van der Waals surface area contributed by atoms with E-state index in [1.54, 1.807) is 25.9 Å². The number of nitrogens with zero attached hydrogens (tertiary/aromatic N) is 1. The van der Waals surface area contributed by atoms with Gasteiger partial charge in [-0.2, -0.15) is 13.2 Å². The minimum Gasteiger partial charge on any atom is -0.470 e. The molecule has 20 heavy (non-hydrogen) atoms. The molecule has 0 atom stereocenters. The second-order valence-corrected chi connectivity index (χ2v) is 4.81. The second-order valence-electron chi connectivity index (χ2n) is 4.81. The maximum atomic E-state index is 12.8. The Bertz CT molecular complexity index is 589. The van der Waals surface area contributed by atoms with E-state index in [-0.39, 0.29) is 23.5 Å². The summed E-state index contributed by atoms with van der Waals surface area (Å²) < 4.78 is 43.6. The van der Waals surface area contributed by atoms with Crippen molar-refractivity contribution in [1.29, 1.82) is 0 Å². The molecule has 1 aromatic rings. The summed E-state index contributed by atoms with van der Waals surface area (Å²) in [5, 5.41) is 0. The van der Waals surface area contributed by atoms with Gasteiger partial charge >= 0.3 is 6.18 Å². The third-order valence-electron chi connectivity index (χ3n) is 3.07. The largest absolute Gasteiger partial charge is 0.470 e. The number of rotatable bonds is 2. The van der Waals surface area contributed by atoms with Crippen LogP contribution in [0.3, 0.4) is 0 Å². The molecule has 1 aromatic carbocycles. The highest BCUT2D eigenvalue weighted by Gasteiger charge is 2.34. The number of halogens is 3. The van der Waals surface area contributed by atoms with Gasteiger partial charge in [-0.05, 0) is 30.2 Å². The Morgan fingerprint density at radius 1 is 1.25 bits per heavy atom. The van der Waals surface area contributed by atoms with E-state index in [9.17, 15) is 18.0 Å². The Morgan fingerprint density at radius 2 is 1.90 bits per heavy atom. The van der Waals surface area contributed by atoms with Gasteiger partial charge < -0.3 is 9.64 Å². The highest BCUT2D eigenvalue weighted by Crippen LogP contribution is 2.35. The fourth-order valence-electron chi connectivity index (χ4n) is 2.08. The van der Waals surface area contributed by atoms with Gasteiger partial charge in [0.25, 0.3) is 0 Å². The van der Waals surface area contributed by atoms with Gasteiger partial charge in [-0.3, -0.25) is 4.79 Å². The number of ketones is 1. The first kappa shape index (κ1) is 14.4. The van der Waals surface area contributed by atoms with Crippen LogP contribution in [0.15, 0.2) is 24.1 Å². The minimum absolute atomic E-state index is 0.140. The van der Waals surface area contributed by atoms with E-state index in [4.69, 9.17) is 4.74 Å². The van der Waals surface area contributed by atoms with E-state index in [0.717, 1.165) is 12.1 Å². The molecule has 0 bridgehead atoms. The maximum absolute atomic E-state index is 12.8. The molecule has 0 amide bonds. The van der Waals surface area contributed by atoms with Gasteiger partial charge in [-0.15, -0.1) is 0 Å². The van der Waals surface area contributed by atoms with Crippen LogP contribution in [0, 0.1) is 6.92 Å². The molecule has 0 saturated carbocycles. The van der Waals surface area contributed by atoms with Crippen LogP contribution in [0.2, 0.25) is 0 Å². The van der Waals surface area contributed by atoms with Crippen LogP contribution in [-0.4, -0.2) is 31.4 Å². The van der Waals surface area contributed by atoms with Crippen molar-refractivity contribution in [2.75, 3.05) is 20.7 Å². The van der Waals surface area contributed by atoms with E-state index in [1.165, 1.54) is 6.07 Å². The molecule has 0 aromatic heterocycles. The van der Waals surface area contributed by atoms with Crippen LogP contribution in [0.5, 0.6) is 0 Å². The maximum Gasteiger partial charge on any atom is 0.416 e. The molecule has 0 unspecified atom stereocenters. The summed E-state index contributed by atoms with van der Waals surface area (Å²) in [6.45, 7) is 1.53. The zero-order valence-corrected chi connectivity index (χ0v) is 11.3. The van der Waals surface area contributed by atoms with Gasteiger partial charge in [0.2, 0.25) is 11.7 Å². The molecule has 0 radical (unpaired) electrons. The number of ether oxygens (including phenoxy) is 1. The van der Waals surface area contributed by atoms with Crippen molar-refractivity contribution in [1.82, 2.24) is 4.90 Å². The molecule has 6 heteroatoms. The fraction of sp³-hybridized carbons (Fsp3) is 0.357. The number of hydrogen-bond donors (Lipinski definition) is 0. The fourth-order valence-corrected chi connectivity index (χ4v) is 2.08. The lowest BCUT2D eigenvalue weighted by Gasteiger charge is -2.16. The molecular weight excluding hydrogens is 271 g/mol. The smallest absolute Gasteiger partial charge is 0.416 e. The molecule has 1 heterocycles. The van der Waals surface area contributed by atoms with Crippen molar-refractivity contribution in [3.63, 3.8) is 0 Å². The summed E-state index contributed by atoms with van der Waals surface area (Å²) in [6, 6.07) is 3.37. The summed E-state index contributed by atoms with van der Waals surface area (Å²) in [5.41, 5.74) is 0.305. The topological polar surface area (TPSA) is 29.5 Å². The second kappa shape index (κ2) is 4.85. The van der Waals surface area contributed by atoms with Gasteiger partial charge in [0.1, 0.15) is 0 Å². The normalized spacial score (nSPS) is 15.6. The van der Waals surface area contributed by atoms with Crippen molar-refractivity contribution in [2.24, 2.45) is 0 Å². The first-order chi connectivity index (χ1) is 9.21. The summed E-state index contributed by atoms with van der Waals surface area (Å²) in [4.78, 5) is 13.5. The number of Topliss-reactive ketones (excluding diaryl/α,β-unsaturated/α-hetero) is 1. The molecule has 3 nitrogen and oxygen atoms in total. The monoisotopic (exact) mass is 285 g/mol. The predicted octanol–water partition coefficient (Wildman–Crippen LogP) is 2.84. The number of alkyl halides is 3. The lowest BCUT2D eigenvalue weighted by atomic mass is 9.96. The van der Waals surface area contributed by atoms with E-state index in [0.29, 0.717) is 11.4 Å². The highest BCUT2D eigenvalue weighted by molar-refractivity contribution is 6.23.